The summed E-state index contributed by atoms with van der Waals surface area (Å²) >= 11 is 3.55. The summed E-state index contributed by atoms with van der Waals surface area (Å²) in [6.45, 7) is 8.54. The Labute approximate surface area is 137 Å². The van der Waals surface area contributed by atoms with Gasteiger partial charge in [-0.05, 0) is 56.3 Å². The number of benzene rings is 1. The zero-order valence-electron chi connectivity index (χ0n) is 13.5. The van der Waals surface area contributed by atoms with Gasteiger partial charge in [-0.3, -0.25) is 4.90 Å². The highest BCUT2D eigenvalue weighted by molar-refractivity contribution is 9.10. The van der Waals surface area contributed by atoms with Crippen LogP contribution in [0.15, 0.2) is 16.6 Å². The van der Waals surface area contributed by atoms with E-state index in [0.29, 0.717) is 11.8 Å². The van der Waals surface area contributed by atoms with Gasteiger partial charge in [0, 0.05) is 22.6 Å². The van der Waals surface area contributed by atoms with Crippen LogP contribution in [0.5, 0.6) is 5.75 Å². The average molecular weight is 354 g/mol. The quantitative estimate of drug-likeness (QED) is 0.754. The Kier molecular flexibility index (Phi) is 6.12. The monoisotopic (exact) mass is 353 g/mol. The minimum absolute atomic E-state index is 0.464. The number of hydrogen-bond acceptors (Lipinski definition) is 2. The lowest BCUT2D eigenvalue weighted by Crippen LogP contribution is -2.34. The molecule has 2 nitrogen and oxygen atoms in total. The summed E-state index contributed by atoms with van der Waals surface area (Å²) in [6.07, 6.45) is 6.56. The Bertz CT molecular complexity index is 467. The van der Waals surface area contributed by atoms with Crippen LogP contribution in [0.1, 0.15) is 57.1 Å². The molecule has 118 valence electrons. The SMILES string of the molecule is Cc1cc(Br)cc(CN(CCC(C)C)C2CCCC2)c1O. The molecule has 1 aliphatic carbocycles. The standard InChI is InChI=1S/C18H28BrNO/c1-13(2)8-9-20(17-6-4-5-7-17)12-15-11-16(19)10-14(3)18(15)21/h10-11,13,17,21H,4-9,12H2,1-3H3. The normalized spacial score (nSPS) is 16.3. The van der Waals surface area contributed by atoms with Crippen LogP contribution in [-0.2, 0) is 6.54 Å². The Balaban J connectivity index is 2.13. The smallest absolute Gasteiger partial charge is 0.123 e. The molecule has 0 radical (unpaired) electrons. The predicted octanol–water partition coefficient (Wildman–Crippen LogP) is 5.25. The van der Waals surface area contributed by atoms with Crippen LogP contribution in [0.3, 0.4) is 0 Å². The number of rotatable bonds is 6. The molecule has 0 saturated heterocycles. The van der Waals surface area contributed by atoms with Gasteiger partial charge in [0.25, 0.3) is 0 Å². The van der Waals surface area contributed by atoms with Crippen molar-refractivity contribution in [2.45, 2.75) is 65.5 Å². The van der Waals surface area contributed by atoms with Crippen LogP contribution in [0, 0.1) is 12.8 Å². The van der Waals surface area contributed by atoms with Crippen molar-refractivity contribution in [2.75, 3.05) is 6.54 Å². The molecule has 1 aromatic rings. The summed E-state index contributed by atoms with van der Waals surface area (Å²) in [6, 6.07) is 4.74. The van der Waals surface area contributed by atoms with Gasteiger partial charge in [0.2, 0.25) is 0 Å². The fourth-order valence-corrected chi connectivity index (χ4v) is 3.85. The molecule has 0 unspecified atom stereocenters. The highest BCUT2D eigenvalue weighted by atomic mass is 79.9. The third-order valence-corrected chi connectivity index (χ3v) is 5.01. The Morgan fingerprint density at radius 2 is 1.95 bits per heavy atom. The summed E-state index contributed by atoms with van der Waals surface area (Å²) in [5.41, 5.74) is 2.01. The van der Waals surface area contributed by atoms with E-state index in [4.69, 9.17) is 0 Å². The van der Waals surface area contributed by atoms with Crippen molar-refractivity contribution in [1.82, 2.24) is 4.90 Å². The first kappa shape index (κ1) is 16.8. The molecule has 0 amide bonds. The lowest BCUT2D eigenvalue weighted by molar-refractivity contribution is 0.177. The highest BCUT2D eigenvalue weighted by Gasteiger charge is 2.23. The third kappa shape index (κ3) is 4.72. The van der Waals surface area contributed by atoms with Crippen molar-refractivity contribution >= 4 is 15.9 Å². The van der Waals surface area contributed by atoms with Crippen LogP contribution in [0.4, 0.5) is 0 Å². The molecule has 3 heteroatoms. The van der Waals surface area contributed by atoms with E-state index in [9.17, 15) is 5.11 Å². The number of phenols is 1. The minimum atomic E-state index is 0.464. The van der Waals surface area contributed by atoms with E-state index in [-0.39, 0.29) is 0 Å². The molecule has 0 aliphatic heterocycles. The second kappa shape index (κ2) is 7.64. The van der Waals surface area contributed by atoms with Crippen LogP contribution in [0.25, 0.3) is 0 Å². The van der Waals surface area contributed by atoms with E-state index >= 15 is 0 Å². The van der Waals surface area contributed by atoms with Crippen molar-refractivity contribution < 1.29 is 5.11 Å². The molecular formula is C18H28BrNO. The molecule has 1 aromatic carbocycles. The Morgan fingerprint density at radius 1 is 1.29 bits per heavy atom. The Hall–Kier alpha value is -0.540. The highest BCUT2D eigenvalue weighted by Crippen LogP contribution is 2.31. The number of aryl methyl sites for hydroxylation is 1. The molecule has 1 fully saturated rings. The van der Waals surface area contributed by atoms with Crippen LogP contribution >= 0.6 is 15.9 Å². The van der Waals surface area contributed by atoms with E-state index in [2.05, 4.69) is 40.7 Å². The molecule has 1 aliphatic rings. The first-order valence-corrected chi connectivity index (χ1v) is 8.98. The zero-order chi connectivity index (χ0) is 15.4. The van der Waals surface area contributed by atoms with Gasteiger partial charge in [0.1, 0.15) is 5.75 Å². The summed E-state index contributed by atoms with van der Waals surface area (Å²) in [7, 11) is 0. The summed E-state index contributed by atoms with van der Waals surface area (Å²) in [4.78, 5) is 2.59. The van der Waals surface area contributed by atoms with Crippen LogP contribution in [-0.4, -0.2) is 22.6 Å². The first-order chi connectivity index (χ1) is 9.97. The first-order valence-electron chi connectivity index (χ1n) is 8.19. The van der Waals surface area contributed by atoms with E-state index < -0.39 is 0 Å². The lowest BCUT2D eigenvalue weighted by atomic mass is 10.1. The molecule has 0 aromatic heterocycles. The molecule has 21 heavy (non-hydrogen) atoms. The van der Waals surface area contributed by atoms with Crippen molar-refractivity contribution in [3.8, 4) is 5.75 Å². The molecular weight excluding hydrogens is 326 g/mol. The molecule has 1 saturated carbocycles. The fourth-order valence-electron chi connectivity index (χ4n) is 3.23. The molecule has 0 heterocycles. The molecule has 0 bridgehead atoms. The van der Waals surface area contributed by atoms with Crippen molar-refractivity contribution in [1.29, 1.82) is 0 Å². The van der Waals surface area contributed by atoms with Gasteiger partial charge in [0.05, 0.1) is 0 Å². The van der Waals surface area contributed by atoms with E-state index in [1.54, 1.807) is 0 Å². The zero-order valence-corrected chi connectivity index (χ0v) is 15.1. The van der Waals surface area contributed by atoms with Gasteiger partial charge >= 0.3 is 0 Å². The van der Waals surface area contributed by atoms with Gasteiger partial charge in [-0.15, -0.1) is 0 Å². The summed E-state index contributed by atoms with van der Waals surface area (Å²) in [5, 5.41) is 10.3. The number of hydrogen-bond donors (Lipinski definition) is 1. The van der Waals surface area contributed by atoms with Gasteiger partial charge in [-0.25, -0.2) is 0 Å². The van der Waals surface area contributed by atoms with Crippen molar-refractivity contribution in [3.05, 3.63) is 27.7 Å². The molecule has 1 N–H and O–H groups in total. The van der Waals surface area contributed by atoms with Gasteiger partial charge < -0.3 is 5.11 Å². The van der Waals surface area contributed by atoms with E-state index in [1.807, 2.05) is 13.0 Å². The largest absolute Gasteiger partial charge is 0.507 e. The van der Waals surface area contributed by atoms with Crippen molar-refractivity contribution in [3.63, 3.8) is 0 Å². The van der Waals surface area contributed by atoms with Gasteiger partial charge in [0.15, 0.2) is 0 Å². The summed E-state index contributed by atoms with van der Waals surface area (Å²) in [5.74, 6) is 1.19. The fraction of sp³-hybridized carbons (Fsp3) is 0.667. The number of nitrogens with zero attached hydrogens (tertiary/aromatic N) is 1. The number of phenolic OH excluding ortho intramolecular Hbond substituents is 1. The average Bonchev–Trinajstić information content (AvgIpc) is 2.93. The summed E-state index contributed by atoms with van der Waals surface area (Å²) < 4.78 is 1.06. The third-order valence-electron chi connectivity index (χ3n) is 4.55. The molecule has 0 spiro atoms. The maximum absolute atomic E-state index is 10.3. The van der Waals surface area contributed by atoms with Crippen LogP contribution in [0.2, 0.25) is 0 Å². The number of halogens is 1. The van der Waals surface area contributed by atoms with E-state index in [1.165, 1.54) is 32.1 Å². The molecule has 0 atom stereocenters. The maximum Gasteiger partial charge on any atom is 0.123 e. The topological polar surface area (TPSA) is 23.5 Å². The van der Waals surface area contributed by atoms with Gasteiger partial charge in [-0.1, -0.05) is 42.6 Å². The predicted molar refractivity (Wildman–Crippen MR) is 92.7 cm³/mol. The van der Waals surface area contributed by atoms with Crippen LogP contribution < -0.4 is 0 Å². The van der Waals surface area contributed by atoms with Gasteiger partial charge in [-0.2, -0.15) is 0 Å². The second-order valence-electron chi connectivity index (χ2n) is 6.82. The lowest BCUT2D eigenvalue weighted by Gasteiger charge is -2.30. The minimum Gasteiger partial charge on any atom is -0.507 e. The molecule has 2 rings (SSSR count). The second-order valence-corrected chi connectivity index (χ2v) is 7.74. The van der Waals surface area contributed by atoms with E-state index in [0.717, 1.165) is 34.6 Å². The number of aromatic hydroxyl groups is 1. The maximum atomic E-state index is 10.3. The Morgan fingerprint density at radius 3 is 2.57 bits per heavy atom. The van der Waals surface area contributed by atoms with Crippen molar-refractivity contribution in [2.24, 2.45) is 5.92 Å².